The fraction of sp³-hybridized carbons (Fsp3) is 0.588. The topological polar surface area (TPSA) is 66.5 Å². The van der Waals surface area contributed by atoms with E-state index in [1.807, 2.05) is 32.0 Å². The van der Waals surface area contributed by atoms with Gasteiger partial charge < -0.3 is 5.32 Å². The van der Waals surface area contributed by atoms with Crippen molar-refractivity contribution >= 4 is 27.5 Å². The van der Waals surface area contributed by atoms with E-state index in [9.17, 15) is 13.2 Å². The second-order valence-electron chi connectivity index (χ2n) is 5.85. The highest BCUT2D eigenvalue weighted by Crippen LogP contribution is 2.12. The van der Waals surface area contributed by atoms with Crippen molar-refractivity contribution in [1.29, 1.82) is 0 Å². The second-order valence-corrected chi connectivity index (χ2v) is 8.27. The number of sulfonamides is 1. The lowest BCUT2D eigenvalue weighted by atomic mass is 10.0. The monoisotopic (exact) mass is 374 g/mol. The zero-order valence-electron chi connectivity index (χ0n) is 14.6. The molecule has 1 amide bonds. The lowest BCUT2D eigenvalue weighted by molar-refractivity contribution is -0.125. The first-order valence-electron chi connectivity index (χ1n) is 8.25. The van der Waals surface area contributed by atoms with Crippen LogP contribution in [0, 0.1) is 5.92 Å². The summed E-state index contributed by atoms with van der Waals surface area (Å²) < 4.78 is 25.2. The van der Waals surface area contributed by atoms with Gasteiger partial charge in [-0.3, -0.25) is 4.79 Å². The molecule has 1 rings (SSSR count). The Morgan fingerprint density at radius 3 is 2.46 bits per heavy atom. The molecule has 136 valence electrons. The maximum atomic E-state index is 12.0. The first kappa shape index (κ1) is 20.9. The van der Waals surface area contributed by atoms with E-state index in [4.69, 9.17) is 11.6 Å². The smallest absolute Gasteiger partial charge is 0.223 e. The van der Waals surface area contributed by atoms with Gasteiger partial charge in [0.1, 0.15) is 0 Å². The van der Waals surface area contributed by atoms with Crippen LogP contribution in [-0.2, 0) is 21.2 Å². The van der Waals surface area contributed by atoms with Crippen molar-refractivity contribution < 1.29 is 13.2 Å². The highest BCUT2D eigenvalue weighted by molar-refractivity contribution is 7.88. The quantitative estimate of drug-likeness (QED) is 0.684. The lowest BCUT2D eigenvalue weighted by Crippen LogP contribution is -2.40. The Labute approximate surface area is 150 Å². The number of hydrogen-bond acceptors (Lipinski definition) is 3. The van der Waals surface area contributed by atoms with E-state index in [-0.39, 0.29) is 18.4 Å². The van der Waals surface area contributed by atoms with Crippen molar-refractivity contribution in [2.45, 2.75) is 33.1 Å². The minimum absolute atomic E-state index is 0.0108. The fourth-order valence-corrected chi connectivity index (χ4v) is 3.56. The SMILES string of the molecule is CCC(CC)C(=O)NCCN(CCc1cccc(Cl)c1)S(C)(=O)=O. The standard InChI is InChI=1S/C17H27ClN2O3S/c1-4-15(5-2)17(21)19-10-12-20(24(3,22)23)11-9-14-7-6-8-16(18)13-14/h6-8,13,15H,4-5,9-12H2,1-3H3,(H,19,21). The zero-order valence-corrected chi connectivity index (χ0v) is 16.2. The van der Waals surface area contributed by atoms with E-state index in [1.165, 1.54) is 10.6 Å². The number of nitrogens with one attached hydrogen (secondary N) is 1. The molecule has 0 aliphatic rings. The number of halogens is 1. The van der Waals surface area contributed by atoms with E-state index in [0.717, 1.165) is 18.4 Å². The molecule has 5 nitrogen and oxygen atoms in total. The van der Waals surface area contributed by atoms with Crippen molar-refractivity contribution in [1.82, 2.24) is 9.62 Å². The van der Waals surface area contributed by atoms with Gasteiger partial charge in [-0.15, -0.1) is 0 Å². The maximum Gasteiger partial charge on any atom is 0.223 e. The molecule has 7 heteroatoms. The summed E-state index contributed by atoms with van der Waals surface area (Å²) in [5.74, 6) is -0.0218. The Bertz CT molecular complexity index is 630. The predicted octanol–water partition coefficient (Wildman–Crippen LogP) is 2.70. The van der Waals surface area contributed by atoms with Crippen LogP contribution in [0.25, 0.3) is 0 Å². The number of carbonyl (C=O) groups excluding carboxylic acids is 1. The van der Waals surface area contributed by atoms with Crippen molar-refractivity contribution in [2.75, 3.05) is 25.9 Å². The largest absolute Gasteiger partial charge is 0.355 e. The number of nitrogens with zero attached hydrogens (tertiary/aromatic N) is 1. The summed E-state index contributed by atoms with van der Waals surface area (Å²) in [4.78, 5) is 12.0. The summed E-state index contributed by atoms with van der Waals surface area (Å²) >= 11 is 5.95. The molecular weight excluding hydrogens is 348 g/mol. The molecule has 0 heterocycles. The number of rotatable bonds is 10. The maximum absolute atomic E-state index is 12.0. The fourth-order valence-electron chi connectivity index (χ4n) is 2.50. The van der Waals surface area contributed by atoms with Crippen LogP contribution in [0.5, 0.6) is 0 Å². The molecule has 0 spiro atoms. The van der Waals surface area contributed by atoms with Crippen LogP contribution < -0.4 is 5.32 Å². The van der Waals surface area contributed by atoms with Gasteiger partial charge in [0, 0.05) is 30.6 Å². The number of hydrogen-bond donors (Lipinski definition) is 1. The molecule has 0 aliphatic heterocycles. The average molecular weight is 375 g/mol. The molecule has 0 saturated carbocycles. The van der Waals surface area contributed by atoms with Gasteiger partial charge in [-0.05, 0) is 37.0 Å². The van der Waals surface area contributed by atoms with Gasteiger partial charge >= 0.3 is 0 Å². The molecule has 0 bridgehead atoms. The molecule has 0 saturated heterocycles. The van der Waals surface area contributed by atoms with Crippen LogP contribution in [0.1, 0.15) is 32.3 Å². The highest BCUT2D eigenvalue weighted by Gasteiger charge is 2.18. The number of amides is 1. The molecular formula is C17H27ClN2O3S. The Morgan fingerprint density at radius 2 is 1.92 bits per heavy atom. The van der Waals surface area contributed by atoms with Crippen LogP contribution in [-0.4, -0.2) is 44.5 Å². The van der Waals surface area contributed by atoms with Gasteiger partial charge in [-0.2, -0.15) is 0 Å². The molecule has 1 aromatic rings. The van der Waals surface area contributed by atoms with Crippen LogP contribution in [0.15, 0.2) is 24.3 Å². The van der Waals surface area contributed by atoms with Gasteiger partial charge in [0.15, 0.2) is 0 Å². The Hall–Kier alpha value is -1.11. The van der Waals surface area contributed by atoms with E-state index in [2.05, 4.69) is 5.32 Å². The summed E-state index contributed by atoms with van der Waals surface area (Å²) in [6.07, 6.45) is 3.33. The molecule has 0 unspecified atom stereocenters. The van der Waals surface area contributed by atoms with Gasteiger partial charge in [0.25, 0.3) is 0 Å². The van der Waals surface area contributed by atoms with Crippen LogP contribution in [0.4, 0.5) is 0 Å². The summed E-state index contributed by atoms with van der Waals surface area (Å²) in [7, 11) is -3.33. The summed E-state index contributed by atoms with van der Waals surface area (Å²) in [5.41, 5.74) is 0.984. The van der Waals surface area contributed by atoms with Crippen LogP contribution >= 0.6 is 11.6 Å². The van der Waals surface area contributed by atoms with E-state index >= 15 is 0 Å². The number of benzene rings is 1. The molecule has 1 N–H and O–H groups in total. The van der Waals surface area contributed by atoms with Crippen LogP contribution in [0.2, 0.25) is 5.02 Å². The van der Waals surface area contributed by atoms with E-state index in [0.29, 0.717) is 24.5 Å². The van der Waals surface area contributed by atoms with Crippen molar-refractivity contribution in [3.8, 4) is 0 Å². The van der Waals surface area contributed by atoms with Crippen LogP contribution in [0.3, 0.4) is 0 Å². The molecule has 0 atom stereocenters. The Balaban J connectivity index is 2.56. The van der Waals surface area contributed by atoms with Gasteiger partial charge in [-0.25, -0.2) is 12.7 Å². The first-order chi connectivity index (χ1) is 11.3. The first-order valence-corrected chi connectivity index (χ1v) is 10.5. The van der Waals surface area contributed by atoms with Crippen molar-refractivity contribution in [3.05, 3.63) is 34.9 Å². The third-order valence-corrected chi connectivity index (χ3v) is 5.56. The molecule has 24 heavy (non-hydrogen) atoms. The third-order valence-electron chi connectivity index (χ3n) is 4.02. The second kappa shape index (κ2) is 10.0. The minimum atomic E-state index is -3.33. The minimum Gasteiger partial charge on any atom is -0.355 e. The molecule has 1 aromatic carbocycles. The average Bonchev–Trinajstić information content (AvgIpc) is 2.50. The molecule has 0 aromatic heterocycles. The van der Waals surface area contributed by atoms with Gasteiger partial charge in [0.2, 0.25) is 15.9 Å². The van der Waals surface area contributed by atoms with Gasteiger partial charge in [0.05, 0.1) is 6.26 Å². The van der Waals surface area contributed by atoms with E-state index in [1.54, 1.807) is 6.07 Å². The summed E-state index contributed by atoms with van der Waals surface area (Å²) in [6.45, 7) is 4.90. The Kier molecular flexibility index (Phi) is 8.73. The van der Waals surface area contributed by atoms with E-state index < -0.39 is 10.0 Å². The summed E-state index contributed by atoms with van der Waals surface area (Å²) in [6, 6.07) is 7.38. The highest BCUT2D eigenvalue weighted by atomic mass is 35.5. The number of carbonyl (C=O) groups is 1. The molecule has 0 fully saturated rings. The Morgan fingerprint density at radius 1 is 1.25 bits per heavy atom. The predicted molar refractivity (Wildman–Crippen MR) is 98.7 cm³/mol. The van der Waals surface area contributed by atoms with Crippen molar-refractivity contribution in [3.63, 3.8) is 0 Å². The normalized spacial score (nSPS) is 11.9. The molecule has 0 aliphatic carbocycles. The third kappa shape index (κ3) is 7.20. The zero-order chi connectivity index (χ0) is 18.2. The van der Waals surface area contributed by atoms with Gasteiger partial charge in [-0.1, -0.05) is 37.6 Å². The summed E-state index contributed by atoms with van der Waals surface area (Å²) in [5, 5.41) is 3.46. The molecule has 0 radical (unpaired) electrons. The lowest BCUT2D eigenvalue weighted by Gasteiger charge is -2.21. The van der Waals surface area contributed by atoms with Crippen molar-refractivity contribution in [2.24, 2.45) is 5.92 Å².